The molecule has 1 aliphatic heterocycles. The third kappa shape index (κ3) is 2.66. The van der Waals surface area contributed by atoms with E-state index in [4.69, 9.17) is 0 Å². The molecule has 5 heteroatoms. The smallest absolute Gasteiger partial charge is 0.371 e. The molecule has 0 aromatic heterocycles. The van der Waals surface area contributed by atoms with Crippen molar-refractivity contribution in [3.05, 3.63) is 29.8 Å². The van der Waals surface area contributed by atoms with E-state index in [9.17, 15) is 18.0 Å². The second-order valence-electron chi connectivity index (χ2n) is 4.48. The van der Waals surface area contributed by atoms with Gasteiger partial charge in [0, 0.05) is 24.3 Å². The van der Waals surface area contributed by atoms with Gasteiger partial charge in [-0.2, -0.15) is 13.2 Å². The Balaban J connectivity index is 2.08. The summed E-state index contributed by atoms with van der Waals surface area (Å²) < 4.78 is 37.6. The van der Waals surface area contributed by atoms with Gasteiger partial charge in [-0.25, -0.2) is 0 Å². The van der Waals surface area contributed by atoms with Crippen LogP contribution in [0.15, 0.2) is 24.3 Å². The molecule has 0 bridgehead atoms. The summed E-state index contributed by atoms with van der Waals surface area (Å²) in [6.45, 7) is 0.685. The molecule has 1 aliphatic rings. The number of anilines is 1. The molecule has 98 valence electrons. The number of aldehydes is 1. The summed E-state index contributed by atoms with van der Waals surface area (Å²) in [7, 11) is 0. The third-order valence-electron chi connectivity index (χ3n) is 3.36. The molecule has 0 aliphatic carbocycles. The molecule has 1 aromatic carbocycles. The van der Waals surface area contributed by atoms with Crippen LogP contribution < -0.4 is 4.90 Å². The molecule has 0 saturated carbocycles. The summed E-state index contributed by atoms with van der Waals surface area (Å²) in [5, 5.41) is 0. The number of carbonyl (C=O) groups is 1. The number of piperidine rings is 1. The molecule has 2 rings (SSSR count). The molecule has 1 fully saturated rings. The number of carbonyl (C=O) groups excluding carboxylic acids is 1. The average molecular weight is 257 g/mol. The summed E-state index contributed by atoms with van der Waals surface area (Å²) in [5.74, 6) is -1.21. The first-order valence-electron chi connectivity index (χ1n) is 5.88. The van der Waals surface area contributed by atoms with Gasteiger partial charge in [0.05, 0.1) is 5.92 Å². The normalized spacial score (nSPS) is 17.8. The summed E-state index contributed by atoms with van der Waals surface area (Å²) in [6.07, 6.45) is -3.17. The fraction of sp³-hybridized carbons (Fsp3) is 0.462. The second kappa shape index (κ2) is 5.00. The SMILES string of the molecule is O=Cc1ccccc1N1CCC(C(F)(F)F)CC1. The minimum Gasteiger partial charge on any atom is -0.371 e. The summed E-state index contributed by atoms with van der Waals surface area (Å²) in [6, 6.07) is 6.99. The lowest BCUT2D eigenvalue weighted by Gasteiger charge is -2.34. The summed E-state index contributed by atoms with van der Waals surface area (Å²) in [4.78, 5) is 12.7. The lowest BCUT2D eigenvalue weighted by atomic mass is 9.95. The Morgan fingerprint density at radius 1 is 1.17 bits per heavy atom. The number of alkyl halides is 3. The van der Waals surface area contributed by atoms with Crippen LogP contribution in [-0.4, -0.2) is 25.6 Å². The Bertz CT molecular complexity index is 422. The van der Waals surface area contributed by atoms with E-state index < -0.39 is 12.1 Å². The maximum atomic E-state index is 12.5. The zero-order valence-corrected chi connectivity index (χ0v) is 9.78. The molecular formula is C13H14F3NO. The highest BCUT2D eigenvalue weighted by Gasteiger charge is 2.41. The molecule has 18 heavy (non-hydrogen) atoms. The zero-order valence-electron chi connectivity index (χ0n) is 9.78. The van der Waals surface area contributed by atoms with Crippen molar-refractivity contribution in [3.63, 3.8) is 0 Å². The number of halogens is 3. The van der Waals surface area contributed by atoms with Crippen LogP contribution in [0.3, 0.4) is 0 Å². The van der Waals surface area contributed by atoms with Gasteiger partial charge in [-0.3, -0.25) is 4.79 Å². The molecule has 0 unspecified atom stereocenters. The Morgan fingerprint density at radius 2 is 1.78 bits per heavy atom. The molecular weight excluding hydrogens is 243 g/mol. The molecule has 2 nitrogen and oxygen atoms in total. The Kier molecular flexibility index (Phi) is 3.59. The summed E-state index contributed by atoms with van der Waals surface area (Å²) in [5.41, 5.74) is 1.26. The van der Waals surface area contributed by atoms with Crippen LogP contribution in [0.25, 0.3) is 0 Å². The van der Waals surface area contributed by atoms with Crippen LogP contribution in [0.4, 0.5) is 18.9 Å². The molecule has 1 saturated heterocycles. The Hall–Kier alpha value is -1.52. The number of rotatable bonds is 2. The van der Waals surface area contributed by atoms with Gasteiger partial charge in [0.1, 0.15) is 0 Å². The third-order valence-corrected chi connectivity index (χ3v) is 3.36. The fourth-order valence-corrected chi connectivity index (χ4v) is 2.32. The van der Waals surface area contributed by atoms with Crippen LogP contribution in [0.5, 0.6) is 0 Å². The van der Waals surface area contributed by atoms with Crippen molar-refractivity contribution in [3.8, 4) is 0 Å². The minimum absolute atomic E-state index is 0.0939. The Labute approximate surface area is 103 Å². The van der Waals surface area contributed by atoms with Gasteiger partial charge < -0.3 is 4.90 Å². The highest BCUT2D eigenvalue weighted by atomic mass is 19.4. The number of hydrogen-bond donors (Lipinski definition) is 0. The molecule has 0 amide bonds. The fourth-order valence-electron chi connectivity index (χ4n) is 2.32. The van der Waals surface area contributed by atoms with Gasteiger partial charge in [0.2, 0.25) is 0 Å². The van der Waals surface area contributed by atoms with E-state index in [0.29, 0.717) is 18.7 Å². The lowest BCUT2D eigenvalue weighted by Crippen LogP contribution is -2.39. The Morgan fingerprint density at radius 3 is 2.33 bits per heavy atom. The van der Waals surface area contributed by atoms with Crippen LogP contribution in [0.2, 0.25) is 0 Å². The maximum absolute atomic E-state index is 12.5. The minimum atomic E-state index is -4.10. The quantitative estimate of drug-likeness (QED) is 0.758. The lowest BCUT2D eigenvalue weighted by molar-refractivity contribution is -0.179. The standard InChI is InChI=1S/C13H14F3NO/c14-13(15,16)11-5-7-17(8-6-11)12-4-2-1-3-10(12)9-18/h1-4,9,11H,5-8H2. The number of benzene rings is 1. The van der Waals surface area contributed by atoms with Crippen molar-refractivity contribution < 1.29 is 18.0 Å². The highest BCUT2D eigenvalue weighted by molar-refractivity contribution is 5.84. The molecule has 0 N–H and O–H groups in total. The van der Waals surface area contributed by atoms with Crippen LogP contribution in [0, 0.1) is 5.92 Å². The van der Waals surface area contributed by atoms with Crippen LogP contribution >= 0.6 is 0 Å². The molecule has 1 heterocycles. The predicted molar refractivity (Wildman–Crippen MR) is 62.8 cm³/mol. The molecule has 0 atom stereocenters. The van der Waals surface area contributed by atoms with E-state index in [1.807, 2.05) is 4.90 Å². The average Bonchev–Trinajstić information content (AvgIpc) is 2.38. The number of para-hydroxylation sites is 1. The largest absolute Gasteiger partial charge is 0.391 e. The number of hydrogen-bond acceptors (Lipinski definition) is 2. The summed E-state index contributed by atoms with van der Waals surface area (Å²) >= 11 is 0. The van der Waals surface area contributed by atoms with Gasteiger partial charge in [0.15, 0.2) is 6.29 Å². The predicted octanol–water partition coefficient (Wildman–Crippen LogP) is 3.28. The monoisotopic (exact) mass is 257 g/mol. The van der Waals surface area contributed by atoms with E-state index in [-0.39, 0.29) is 12.8 Å². The van der Waals surface area contributed by atoms with E-state index in [1.165, 1.54) is 0 Å². The first kappa shape index (κ1) is 12.9. The first-order chi connectivity index (χ1) is 8.52. The van der Waals surface area contributed by atoms with Gasteiger partial charge >= 0.3 is 6.18 Å². The van der Waals surface area contributed by atoms with Gasteiger partial charge in [0.25, 0.3) is 0 Å². The van der Waals surface area contributed by atoms with Crippen molar-refractivity contribution in [2.24, 2.45) is 5.92 Å². The van der Waals surface area contributed by atoms with E-state index in [1.54, 1.807) is 24.3 Å². The van der Waals surface area contributed by atoms with E-state index >= 15 is 0 Å². The maximum Gasteiger partial charge on any atom is 0.391 e. The van der Waals surface area contributed by atoms with Crippen molar-refractivity contribution in [1.82, 2.24) is 0 Å². The van der Waals surface area contributed by atoms with Crippen molar-refractivity contribution in [2.75, 3.05) is 18.0 Å². The topological polar surface area (TPSA) is 20.3 Å². The van der Waals surface area contributed by atoms with E-state index in [2.05, 4.69) is 0 Å². The molecule has 0 radical (unpaired) electrons. The first-order valence-corrected chi connectivity index (χ1v) is 5.88. The van der Waals surface area contributed by atoms with Crippen LogP contribution in [0.1, 0.15) is 23.2 Å². The zero-order chi connectivity index (χ0) is 13.2. The van der Waals surface area contributed by atoms with Crippen molar-refractivity contribution in [2.45, 2.75) is 19.0 Å². The second-order valence-corrected chi connectivity index (χ2v) is 4.48. The van der Waals surface area contributed by atoms with Crippen molar-refractivity contribution in [1.29, 1.82) is 0 Å². The molecule has 1 aromatic rings. The molecule has 0 spiro atoms. The number of nitrogens with zero attached hydrogens (tertiary/aromatic N) is 1. The van der Waals surface area contributed by atoms with Crippen LogP contribution in [-0.2, 0) is 0 Å². The highest BCUT2D eigenvalue weighted by Crippen LogP contribution is 2.35. The van der Waals surface area contributed by atoms with Gasteiger partial charge in [-0.15, -0.1) is 0 Å². The van der Waals surface area contributed by atoms with E-state index in [0.717, 1.165) is 12.0 Å². The van der Waals surface area contributed by atoms with Gasteiger partial charge in [-0.05, 0) is 25.0 Å². The van der Waals surface area contributed by atoms with Crippen molar-refractivity contribution >= 4 is 12.0 Å². The van der Waals surface area contributed by atoms with Gasteiger partial charge in [-0.1, -0.05) is 12.1 Å².